The summed E-state index contributed by atoms with van der Waals surface area (Å²) in [5.74, 6) is 1.66. The maximum Gasteiger partial charge on any atom is 0.166 e. The van der Waals surface area contributed by atoms with E-state index in [1.165, 1.54) is 10.8 Å². The topological polar surface area (TPSA) is 61.6 Å². The Morgan fingerprint density at radius 1 is 0.275 bits per heavy atom. The third-order valence-electron chi connectivity index (χ3n) is 18.3. The summed E-state index contributed by atoms with van der Waals surface area (Å²) in [7, 11) is 0. The highest BCUT2D eigenvalue weighted by Crippen LogP contribution is 2.53. The molecule has 8 nitrogen and oxygen atoms in total. The van der Waals surface area contributed by atoms with Crippen molar-refractivity contribution in [3.63, 3.8) is 0 Å². The number of fused-ring (bicyclic) bond motifs is 15. The molecular formula is C83H56N8. The van der Waals surface area contributed by atoms with E-state index in [1.807, 2.05) is 12.1 Å². The minimum Gasteiger partial charge on any atom is -0.308 e. The molecule has 5 heterocycles. The monoisotopic (exact) mass is 1160 g/mol. The molecule has 428 valence electrons. The second-order valence-electron chi connectivity index (χ2n) is 23.7. The number of para-hydroxylation sites is 7. The molecule has 8 heteroatoms. The Bertz CT molecular complexity index is 5660. The van der Waals surface area contributed by atoms with Crippen molar-refractivity contribution in [3.05, 3.63) is 314 Å². The molecule has 18 aromatic rings. The van der Waals surface area contributed by atoms with Gasteiger partial charge in [-0.3, -0.25) is 0 Å². The molecule has 0 saturated heterocycles. The molecule has 0 aliphatic rings. The number of nitrogens with zero attached hydrogens (tertiary/aromatic N) is 8. The van der Waals surface area contributed by atoms with Gasteiger partial charge in [0.25, 0.3) is 0 Å². The lowest BCUT2D eigenvalue weighted by Crippen LogP contribution is -2.16. The van der Waals surface area contributed by atoms with Crippen molar-refractivity contribution in [2.75, 3.05) is 4.90 Å². The number of hydrogen-bond donors (Lipinski definition) is 0. The Labute approximate surface area is 524 Å². The average Bonchev–Trinajstić information content (AvgIpc) is 1.51. The minimum atomic E-state index is 0.522. The molecule has 5 aromatic heterocycles. The van der Waals surface area contributed by atoms with Gasteiger partial charge in [-0.15, -0.1) is 0 Å². The minimum absolute atomic E-state index is 0.522. The van der Waals surface area contributed by atoms with Crippen molar-refractivity contribution in [1.29, 1.82) is 0 Å². The highest BCUT2D eigenvalue weighted by Gasteiger charge is 2.32. The molecule has 13 aromatic carbocycles. The van der Waals surface area contributed by atoms with Crippen molar-refractivity contribution in [1.82, 2.24) is 33.2 Å². The van der Waals surface area contributed by atoms with Crippen LogP contribution in [0.1, 0.15) is 11.1 Å². The Morgan fingerprint density at radius 3 is 0.989 bits per heavy atom. The lowest BCUT2D eigenvalue weighted by Gasteiger charge is -2.31. The molecule has 0 saturated carbocycles. The molecule has 0 N–H and O–H groups in total. The lowest BCUT2D eigenvalue weighted by atomic mass is 10.0. The third-order valence-corrected chi connectivity index (χ3v) is 18.3. The Morgan fingerprint density at radius 2 is 0.593 bits per heavy atom. The molecule has 0 atom stereocenters. The Kier molecular flexibility index (Phi) is 11.9. The molecule has 0 unspecified atom stereocenters. The maximum absolute atomic E-state index is 5.72. The van der Waals surface area contributed by atoms with Gasteiger partial charge in [0.2, 0.25) is 0 Å². The van der Waals surface area contributed by atoms with Crippen LogP contribution in [0.5, 0.6) is 0 Å². The van der Waals surface area contributed by atoms with Gasteiger partial charge < -0.3 is 23.2 Å². The van der Waals surface area contributed by atoms with Crippen LogP contribution in [0.3, 0.4) is 0 Å². The van der Waals surface area contributed by atoms with Crippen molar-refractivity contribution in [2.45, 2.75) is 13.8 Å². The van der Waals surface area contributed by atoms with E-state index in [1.54, 1.807) is 0 Å². The van der Waals surface area contributed by atoms with E-state index in [0.29, 0.717) is 17.5 Å². The molecule has 0 amide bonds. The van der Waals surface area contributed by atoms with E-state index in [4.69, 9.17) is 15.0 Å². The van der Waals surface area contributed by atoms with Gasteiger partial charge in [0, 0.05) is 88.2 Å². The van der Waals surface area contributed by atoms with Crippen LogP contribution in [0.25, 0.3) is 144 Å². The number of hydrogen-bond acceptors (Lipinski definition) is 4. The number of benzene rings is 13. The normalized spacial score (nSPS) is 11.8. The largest absolute Gasteiger partial charge is 0.308 e. The fourth-order valence-corrected chi connectivity index (χ4v) is 14.3. The highest BCUT2D eigenvalue weighted by atomic mass is 15.2. The Balaban J connectivity index is 1.11. The van der Waals surface area contributed by atoms with Crippen LogP contribution in [0.15, 0.2) is 303 Å². The van der Waals surface area contributed by atoms with Crippen molar-refractivity contribution >= 4 is 104 Å². The first-order chi connectivity index (χ1) is 45.0. The molecule has 0 spiro atoms. The fraction of sp³-hybridized carbons (Fsp3) is 0.0241. The standard InChI is InChI=1S/C83H56N8/c1-53-43-47-59(48-44-53)87(60-49-45-54(2)46-50-60)77-67(83-85-81(55-25-7-3-8-26-55)84-82(86-83)56-27-9-4-10-28-56)51-61(52-73(77)91-68-38-20-15-33-62(68)63-34-16-21-39-69(63)91)90-72-42-24-19-37-66(72)76-79-74(64-35-17-22-40-70(64)88(79)57-29-11-5-12-30-57)78-75(80(76)90)65-36-18-23-41-71(65)89(78)58-31-13-6-14-32-58/h3-52H,1-2H3. The maximum atomic E-state index is 5.72. The van der Waals surface area contributed by atoms with Crippen molar-refractivity contribution < 1.29 is 0 Å². The molecule has 0 aliphatic carbocycles. The van der Waals surface area contributed by atoms with E-state index >= 15 is 0 Å². The summed E-state index contributed by atoms with van der Waals surface area (Å²) in [5, 5.41) is 9.24. The van der Waals surface area contributed by atoms with Gasteiger partial charge in [-0.25, -0.2) is 15.0 Å². The van der Waals surface area contributed by atoms with Gasteiger partial charge >= 0.3 is 0 Å². The highest BCUT2D eigenvalue weighted by molar-refractivity contribution is 6.40. The average molecular weight is 1170 g/mol. The molecule has 91 heavy (non-hydrogen) atoms. The molecule has 0 radical (unpaired) electrons. The van der Waals surface area contributed by atoms with E-state index in [0.717, 1.165) is 144 Å². The molecule has 0 aliphatic heterocycles. The molecule has 0 fully saturated rings. The number of rotatable bonds is 10. The molecule has 0 bridgehead atoms. The summed E-state index contributed by atoms with van der Waals surface area (Å²) < 4.78 is 10.1. The fourth-order valence-electron chi connectivity index (χ4n) is 14.3. The predicted molar refractivity (Wildman–Crippen MR) is 378 cm³/mol. The first-order valence-corrected chi connectivity index (χ1v) is 31.0. The smallest absolute Gasteiger partial charge is 0.166 e. The van der Waals surface area contributed by atoms with Gasteiger partial charge in [0.1, 0.15) is 0 Å². The van der Waals surface area contributed by atoms with Crippen LogP contribution in [0.4, 0.5) is 17.1 Å². The van der Waals surface area contributed by atoms with Crippen LogP contribution in [-0.2, 0) is 0 Å². The van der Waals surface area contributed by atoms with E-state index < -0.39 is 0 Å². The lowest BCUT2D eigenvalue weighted by molar-refractivity contribution is 1.06. The summed E-state index contributed by atoms with van der Waals surface area (Å²) in [6.45, 7) is 4.30. The van der Waals surface area contributed by atoms with Gasteiger partial charge in [0.05, 0.1) is 55.5 Å². The summed E-state index contributed by atoms with van der Waals surface area (Å²) in [6, 6.07) is 110. The van der Waals surface area contributed by atoms with E-state index in [2.05, 4.69) is 328 Å². The number of anilines is 3. The number of aromatic nitrogens is 7. The van der Waals surface area contributed by atoms with Gasteiger partial charge in [-0.2, -0.15) is 0 Å². The van der Waals surface area contributed by atoms with Crippen LogP contribution >= 0.6 is 0 Å². The van der Waals surface area contributed by atoms with Gasteiger partial charge in [0.15, 0.2) is 17.5 Å². The molecular weight excluding hydrogens is 1110 g/mol. The second kappa shape index (κ2) is 20.8. The predicted octanol–water partition coefficient (Wildman–Crippen LogP) is 21.3. The second-order valence-corrected chi connectivity index (χ2v) is 23.7. The summed E-state index contributed by atoms with van der Waals surface area (Å²) >= 11 is 0. The third kappa shape index (κ3) is 8.13. The SMILES string of the molecule is Cc1ccc(N(c2ccc(C)cc2)c2c(-c3nc(-c4ccccc4)nc(-c4ccccc4)n3)cc(-n3c4ccccc4c4c5c(c6ccccc6n5-c5ccccc5)c5c(c6ccccc6n5-c5ccccc5)c43)cc2-n2c3ccccc3c3ccccc32)cc1. The van der Waals surface area contributed by atoms with Gasteiger partial charge in [-0.1, -0.05) is 223 Å². The zero-order valence-electron chi connectivity index (χ0n) is 49.9. The van der Waals surface area contributed by atoms with Crippen LogP contribution < -0.4 is 4.90 Å². The summed E-state index contributed by atoms with van der Waals surface area (Å²) in [5.41, 5.74) is 20.6. The zero-order chi connectivity index (χ0) is 60.3. The first kappa shape index (κ1) is 52.0. The summed E-state index contributed by atoms with van der Waals surface area (Å²) in [6.07, 6.45) is 0. The summed E-state index contributed by atoms with van der Waals surface area (Å²) in [4.78, 5) is 19.2. The van der Waals surface area contributed by atoms with Gasteiger partial charge in [-0.05, 0) is 105 Å². The Hall–Kier alpha value is -12.1. The zero-order valence-corrected chi connectivity index (χ0v) is 49.9. The van der Waals surface area contributed by atoms with E-state index in [-0.39, 0.29) is 0 Å². The van der Waals surface area contributed by atoms with Crippen molar-refractivity contribution in [3.8, 4) is 56.9 Å². The molecule has 18 rings (SSSR count). The van der Waals surface area contributed by atoms with E-state index in [9.17, 15) is 0 Å². The van der Waals surface area contributed by atoms with Crippen LogP contribution in [0, 0.1) is 13.8 Å². The quantitative estimate of drug-likeness (QED) is 0.137. The first-order valence-electron chi connectivity index (χ1n) is 31.0. The van der Waals surface area contributed by atoms with Crippen molar-refractivity contribution in [2.24, 2.45) is 0 Å². The van der Waals surface area contributed by atoms with Crippen LogP contribution in [0.2, 0.25) is 0 Å². The van der Waals surface area contributed by atoms with Crippen LogP contribution in [-0.4, -0.2) is 33.2 Å². The number of aryl methyl sites for hydroxylation is 2.